The number of rotatable bonds is 5. The normalized spacial score (nSPS) is 12.5. The molecule has 1 heterocycles. The molecule has 0 aromatic heterocycles. The first-order valence-electron chi connectivity index (χ1n) is 9.12. The summed E-state index contributed by atoms with van der Waals surface area (Å²) in [6.07, 6.45) is 0. The summed E-state index contributed by atoms with van der Waals surface area (Å²) in [7, 11) is 1.38. The van der Waals surface area contributed by atoms with Crippen LogP contribution < -0.4 is 15.0 Å². The van der Waals surface area contributed by atoms with Gasteiger partial charge in [-0.3, -0.25) is 24.5 Å². The summed E-state index contributed by atoms with van der Waals surface area (Å²) in [5.41, 5.74) is 0.584. The molecule has 9 heteroatoms. The molecule has 154 valence electrons. The Morgan fingerprint density at radius 2 is 1.65 bits per heavy atom. The molecule has 0 radical (unpaired) electrons. The SMILES string of the molecule is COc1ccc(NC(=O)c2cccc(N3C(=O)c4ccccc4C3=O)c2)c([N+](=O)[O-])c1. The Morgan fingerprint density at radius 3 is 2.26 bits per heavy atom. The van der Waals surface area contributed by atoms with Gasteiger partial charge in [0, 0.05) is 5.56 Å². The van der Waals surface area contributed by atoms with Crippen LogP contribution in [0.1, 0.15) is 31.1 Å². The van der Waals surface area contributed by atoms with E-state index in [1.807, 2.05) is 0 Å². The Labute approximate surface area is 176 Å². The Hall–Kier alpha value is -4.53. The van der Waals surface area contributed by atoms with Crippen LogP contribution in [0, 0.1) is 10.1 Å². The average Bonchev–Trinajstić information content (AvgIpc) is 3.04. The van der Waals surface area contributed by atoms with Crippen molar-refractivity contribution in [3.05, 3.63) is 93.5 Å². The van der Waals surface area contributed by atoms with Crippen LogP contribution in [0.3, 0.4) is 0 Å². The number of anilines is 2. The second kappa shape index (κ2) is 7.71. The smallest absolute Gasteiger partial charge is 0.296 e. The van der Waals surface area contributed by atoms with Gasteiger partial charge in [0.25, 0.3) is 23.4 Å². The molecule has 1 aliphatic rings. The van der Waals surface area contributed by atoms with Gasteiger partial charge in [-0.2, -0.15) is 0 Å². The van der Waals surface area contributed by atoms with Gasteiger partial charge in [-0.15, -0.1) is 0 Å². The van der Waals surface area contributed by atoms with Crippen molar-refractivity contribution >= 4 is 34.8 Å². The molecule has 0 saturated heterocycles. The summed E-state index contributed by atoms with van der Waals surface area (Å²) >= 11 is 0. The Balaban J connectivity index is 1.63. The van der Waals surface area contributed by atoms with Crippen LogP contribution in [-0.2, 0) is 0 Å². The Morgan fingerprint density at radius 1 is 0.968 bits per heavy atom. The molecule has 0 saturated carbocycles. The number of hydrogen-bond donors (Lipinski definition) is 1. The third kappa shape index (κ3) is 3.48. The van der Waals surface area contributed by atoms with Gasteiger partial charge in [-0.1, -0.05) is 18.2 Å². The van der Waals surface area contributed by atoms with Gasteiger partial charge in [-0.25, -0.2) is 4.90 Å². The van der Waals surface area contributed by atoms with Crippen molar-refractivity contribution in [2.24, 2.45) is 0 Å². The highest BCUT2D eigenvalue weighted by Gasteiger charge is 2.36. The third-order valence-corrected chi connectivity index (χ3v) is 4.81. The molecule has 4 rings (SSSR count). The lowest BCUT2D eigenvalue weighted by atomic mass is 10.1. The number of fused-ring (bicyclic) bond motifs is 1. The van der Waals surface area contributed by atoms with E-state index < -0.39 is 22.6 Å². The van der Waals surface area contributed by atoms with E-state index in [0.29, 0.717) is 0 Å². The van der Waals surface area contributed by atoms with Gasteiger partial charge in [0.2, 0.25) is 0 Å². The Kier molecular flexibility index (Phi) is 4.92. The van der Waals surface area contributed by atoms with Gasteiger partial charge in [0.05, 0.1) is 34.9 Å². The average molecular weight is 417 g/mol. The number of imide groups is 1. The number of nitro benzene ring substituents is 1. The minimum atomic E-state index is -0.633. The van der Waals surface area contributed by atoms with E-state index in [1.54, 1.807) is 24.3 Å². The topological polar surface area (TPSA) is 119 Å². The zero-order valence-electron chi connectivity index (χ0n) is 16.2. The number of nitrogens with one attached hydrogen (secondary N) is 1. The molecular formula is C22H15N3O6. The number of hydrogen-bond acceptors (Lipinski definition) is 6. The number of nitro groups is 1. The van der Waals surface area contributed by atoms with E-state index in [0.717, 1.165) is 4.90 Å². The zero-order valence-corrected chi connectivity index (χ0v) is 16.2. The van der Waals surface area contributed by atoms with Gasteiger partial charge >= 0.3 is 0 Å². The van der Waals surface area contributed by atoms with Gasteiger partial charge < -0.3 is 10.1 Å². The molecule has 0 bridgehead atoms. The summed E-state index contributed by atoms with van der Waals surface area (Å²) in [4.78, 5) is 49.8. The summed E-state index contributed by atoms with van der Waals surface area (Å²) in [6, 6.07) is 16.4. The summed E-state index contributed by atoms with van der Waals surface area (Å²) < 4.78 is 4.98. The predicted octanol–water partition coefficient (Wildman–Crippen LogP) is 3.66. The maximum atomic E-state index is 12.7. The molecule has 0 unspecified atom stereocenters. The minimum absolute atomic E-state index is 0.0121. The Bertz CT molecular complexity index is 1220. The first-order chi connectivity index (χ1) is 14.9. The minimum Gasteiger partial charge on any atom is -0.496 e. The first-order valence-corrected chi connectivity index (χ1v) is 9.12. The quantitative estimate of drug-likeness (QED) is 0.384. The van der Waals surface area contributed by atoms with E-state index in [9.17, 15) is 24.5 Å². The van der Waals surface area contributed by atoms with Crippen molar-refractivity contribution in [3.8, 4) is 5.75 Å². The molecule has 0 atom stereocenters. The van der Waals surface area contributed by atoms with Gasteiger partial charge in [0.1, 0.15) is 11.4 Å². The van der Waals surface area contributed by atoms with E-state index in [1.165, 1.54) is 49.6 Å². The van der Waals surface area contributed by atoms with E-state index in [-0.39, 0.29) is 39.5 Å². The molecule has 3 amide bonds. The molecular weight excluding hydrogens is 402 g/mol. The van der Waals surface area contributed by atoms with Crippen LogP contribution in [0.15, 0.2) is 66.7 Å². The van der Waals surface area contributed by atoms with Crippen LogP contribution in [0.4, 0.5) is 17.1 Å². The number of ether oxygens (including phenoxy) is 1. The van der Waals surface area contributed by atoms with Crippen molar-refractivity contribution in [1.82, 2.24) is 0 Å². The molecule has 3 aromatic rings. The highest BCUT2D eigenvalue weighted by molar-refractivity contribution is 6.34. The maximum absolute atomic E-state index is 12.7. The molecule has 1 N–H and O–H groups in total. The van der Waals surface area contributed by atoms with Crippen molar-refractivity contribution in [2.45, 2.75) is 0 Å². The number of amides is 3. The van der Waals surface area contributed by atoms with Crippen LogP contribution in [0.2, 0.25) is 0 Å². The fraction of sp³-hybridized carbons (Fsp3) is 0.0455. The number of nitrogens with zero attached hydrogens (tertiary/aromatic N) is 2. The summed E-state index contributed by atoms with van der Waals surface area (Å²) in [6.45, 7) is 0. The molecule has 3 aromatic carbocycles. The highest BCUT2D eigenvalue weighted by atomic mass is 16.6. The highest BCUT2D eigenvalue weighted by Crippen LogP contribution is 2.31. The van der Waals surface area contributed by atoms with Gasteiger partial charge in [0.15, 0.2) is 0 Å². The molecule has 1 aliphatic heterocycles. The number of carbonyl (C=O) groups is 3. The summed E-state index contributed by atoms with van der Waals surface area (Å²) in [5.74, 6) is -1.32. The molecule has 31 heavy (non-hydrogen) atoms. The van der Waals surface area contributed by atoms with E-state index in [4.69, 9.17) is 4.74 Å². The molecule has 0 fully saturated rings. The molecule has 0 spiro atoms. The number of carbonyl (C=O) groups excluding carboxylic acids is 3. The fourth-order valence-corrected chi connectivity index (χ4v) is 3.30. The van der Waals surface area contributed by atoms with Crippen molar-refractivity contribution in [1.29, 1.82) is 0 Å². The molecule has 0 aliphatic carbocycles. The van der Waals surface area contributed by atoms with Crippen LogP contribution in [0.25, 0.3) is 0 Å². The lowest BCUT2D eigenvalue weighted by molar-refractivity contribution is -0.384. The van der Waals surface area contributed by atoms with Gasteiger partial charge in [-0.05, 0) is 42.5 Å². The zero-order chi connectivity index (χ0) is 22.1. The van der Waals surface area contributed by atoms with Crippen molar-refractivity contribution in [2.75, 3.05) is 17.3 Å². The standard InChI is InChI=1S/C22H15N3O6/c1-31-15-9-10-18(19(12-15)25(29)30)23-20(26)13-5-4-6-14(11-13)24-21(27)16-7-2-3-8-17(16)22(24)28/h2-12H,1H3,(H,23,26). The predicted molar refractivity (Wildman–Crippen MR) is 112 cm³/mol. The van der Waals surface area contributed by atoms with Crippen molar-refractivity contribution < 1.29 is 24.0 Å². The molecule has 9 nitrogen and oxygen atoms in total. The number of methoxy groups -OCH3 is 1. The third-order valence-electron chi connectivity index (χ3n) is 4.81. The fourth-order valence-electron chi connectivity index (χ4n) is 3.30. The number of benzene rings is 3. The maximum Gasteiger partial charge on any atom is 0.296 e. The van der Waals surface area contributed by atoms with E-state index >= 15 is 0 Å². The van der Waals surface area contributed by atoms with Crippen LogP contribution in [-0.4, -0.2) is 29.8 Å². The lowest BCUT2D eigenvalue weighted by Gasteiger charge is -2.15. The van der Waals surface area contributed by atoms with E-state index in [2.05, 4.69) is 5.32 Å². The van der Waals surface area contributed by atoms with Crippen molar-refractivity contribution in [3.63, 3.8) is 0 Å². The lowest BCUT2D eigenvalue weighted by Crippen LogP contribution is -2.29. The van der Waals surface area contributed by atoms with Crippen LogP contribution >= 0.6 is 0 Å². The second-order valence-corrected chi connectivity index (χ2v) is 6.64. The monoisotopic (exact) mass is 417 g/mol. The second-order valence-electron chi connectivity index (χ2n) is 6.64. The largest absolute Gasteiger partial charge is 0.496 e. The summed E-state index contributed by atoms with van der Waals surface area (Å²) in [5, 5.41) is 13.8. The van der Waals surface area contributed by atoms with Crippen LogP contribution in [0.5, 0.6) is 5.75 Å². The first kappa shape index (κ1) is 19.8.